The first-order valence-corrected chi connectivity index (χ1v) is 10.1. The zero-order valence-corrected chi connectivity index (χ0v) is 16.5. The van der Waals surface area contributed by atoms with Crippen LogP contribution in [0.5, 0.6) is 0 Å². The molecule has 2 aromatic heterocycles. The first-order chi connectivity index (χ1) is 14.2. The van der Waals surface area contributed by atoms with Gasteiger partial charge in [0.25, 0.3) is 0 Å². The summed E-state index contributed by atoms with van der Waals surface area (Å²) in [7, 11) is 0. The number of fused-ring (bicyclic) bond motifs is 6. The van der Waals surface area contributed by atoms with E-state index in [-0.39, 0.29) is 0 Å². The Morgan fingerprint density at radius 1 is 0.655 bits per heavy atom. The molecule has 0 unspecified atom stereocenters. The number of hydrogen-bond acceptors (Lipinski definition) is 2. The van der Waals surface area contributed by atoms with Gasteiger partial charge in [0.15, 0.2) is 0 Å². The summed E-state index contributed by atoms with van der Waals surface area (Å²) in [5.41, 5.74) is 8.54. The number of para-hydroxylation sites is 2. The van der Waals surface area contributed by atoms with Gasteiger partial charge in [-0.3, -0.25) is 0 Å². The average Bonchev–Trinajstić information content (AvgIpc) is 3.31. The van der Waals surface area contributed by atoms with Crippen molar-refractivity contribution in [1.82, 2.24) is 0 Å². The maximum Gasteiger partial charge on any atom is 0.143 e. The minimum Gasteiger partial charge on any atom is -0.456 e. The van der Waals surface area contributed by atoms with E-state index in [1.165, 1.54) is 21.9 Å². The molecule has 0 N–H and O–H groups in total. The molecule has 0 spiro atoms. The first kappa shape index (κ1) is 16.4. The minimum absolute atomic E-state index is 0.928. The molecule has 0 atom stereocenters. The molecule has 0 fully saturated rings. The van der Waals surface area contributed by atoms with E-state index in [9.17, 15) is 0 Å². The molecule has 6 rings (SSSR count). The van der Waals surface area contributed by atoms with Gasteiger partial charge >= 0.3 is 0 Å². The van der Waals surface area contributed by atoms with Crippen molar-refractivity contribution in [2.24, 2.45) is 0 Å². The van der Waals surface area contributed by atoms with Crippen LogP contribution in [0.25, 0.3) is 55.0 Å². The zero-order chi connectivity index (χ0) is 19.5. The molecule has 0 amide bonds. The Morgan fingerprint density at radius 2 is 1.45 bits per heavy atom. The van der Waals surface area contributed by atoms with Crippen LogP contribution in [0.1, 0.15) is 18.1 Å². The van der Waals surface area contributed by atoms with E-state index in [4.69, 9.17) is 8.83 Å². The molecule has 0 saturated heterocycles. The highest BCUT2D eigenvalue weighted by Gasteiger charge is 2.15. The number of benzene rings is 4. The van der Waals surface area contributed by atoms with E-state index in [0.29, 0.717) is 0 Å². The van der Waals surface area contributed by atoms with Gasteiger partial charge in [0, 0.05) is 27.1 Å². The molecule has 2 heteroatoms. The zero-order valence-electron chi connectivity index (χ0n) is 16.5. The van der Waals surface area contributed by atoms with Gasteiger partial charge in [-0.05, 0) is 60.4 Å². The predicted molar refractivity (Wildman–Crippen MR) is 121 cm³/mol. The molecule has 6 aromatic rings. The maximum atomic E-state index is 6.29. The highest BCUT2D eigenvalue weighted by atomic mass is 16.3. The number of aryl methyl sites for hydroxylation is 2. The Balaban J connectivity index is 1.67. The topological polar surface area (TPSA) is 26.3 Å². The largest absolute Gasteiger partial charge is 0.456 e. The van der Waals surface area contributed by atoms with E-state index >= 15 is 0 Å². The van der Waals surface area contributed by atoms with Crippen molar-refractivity contribution >= 4 is 43.9 Å². The van der Waals surface area contributed by atoms with Gasteiger partial charge in [-0.25, -0.2) is 0 Å². The Morgan fingerprint density at radius 3 is 2.34 bits per heavy atom. The van der Waals surface area contributed by atoms with Crippen LogP contribution in [0, 0.1) is 6.92 Å². The number of rotatable bonds is 2. The Kier molecular flexibility index (Phi) is 3.39. The maximum absolute atomic E-state index is 6.29. The van der Waals surface area contributed by atoms with E-state index in [1.807, 2.05) is 12.1 Å². The van der Waals surface area contributed by atoms with E-state index < -0.39 is 0 Å². The van der Waals surface area contributed by atoms with Crippen molar-refractivity contribution in [2.75, 3.05) is 0 Å². The smallest absolute Gasteiger partial charge is 0.143 e. The van der Waals surface area contributed by atoms with Gasteiger partial charge in [-0.1, -0.05) is 49.4 Å². The van der Waals surface area contributed by atoms with E-state index in [2.05, 4.69) is 74.5 Å². The molecular weight excluding hydrogens is 356 g/mol. The minimum atomic E-state index is 0.928. The van der Waals surface area contributed by atoms with Crippen LogP contribution in [0.4, 0.5) is 0 Å². The van der Waals surface area contributed by atoms with Gasteiger partial charge in [0.2, 0.25) is 0 Å². The Hall–Kier alpha value is -3.52. The quantitative estimate of drug-likeness (QED) is 0.306. The second kappa shape index (κ2) is 5.99. The molecule has 0 aliphatic carbocycles. The summed E-state index contributed by atoms with van der Waals surface area (Å²) in [6, 6.07) is 25.5. The third-order valence-corrected chi connectivity index (χ3v) is 5.89. The summed E-state index contributed by atoms with van der Waals surface area (Å²) >= 11 is 0. The third-order valence-electron chi connectivity index (χ3n) is 5.89. The standard InChI is InChI=1S/C27H20O2/c1-3-17-7-6-9-20-22-15-18(11-12-25(22)28-26(17)20)21-13-16(2)14-23-19-8-4-5-10-24(19)29-27(21)23/h4-15H,3H2,1-2H3. The monoisotopic (exact) mass is 376 g/mol. The molecule has 2 heterocycles. The third kappa shape index (κ3) is 2.35. The summed E-state index contributed by atoms with van der Waals surface area (Å²) < 4.78 is 12.5. The second-order valence-corrected chi connectivity index (χ2v) is 7.75. The van der Waals surface area contributed by atoms with Crippen LogP contribution in [0.15, 0.2) is 81.6 Å². The van der Waals surface area contributed by atoms with Gasteiger partial charge < -0.3 is 8.83 Å². The number of furan rings is 2. The molecule has 140 valence electrons. The normalized spacial score (nSPS) is 11.9. The lowest BCUT2D eigenvalue weighted by atomic mass is 9.98. The highest BCUT2D eigenvalue weighted by molar-refractivity contribution is 6.12. The Bertz CT molecular complexity index is 1550. The molecule has 4 aromatic carbocycles. The highest BCUT2D eigenvalue weighted by Crippen LogP contribution is 2.39. The van der Waals surface area contributed by atoms with Crippen LogP contribution < -0.4 is 0 Å². The SMILES string of the molecule is CCc1cccc2c1oc1ccc(-c3cc(C)cc4c3oc3ccccc34)cc12. The fraction of sp³-hybridized carbons (Fsp3) is 0.111. The summed E-state index contributed by atoms with van der Waals surface area (Å²) in [6.07, 6.45) is 0.960. The van der Waals surface area contributed by atoms with Gasteiger partial charge in [0.1, 0.15) is 22.3 Å². The lowest BCUT2D eigenvalue weighted by Crippen LogP contribution is -1.82. The van der Waals surface area contributed by atoms with E-state index in [0.717, 1.165) is 50.7 Å². The van der Waals surface area contributed by atoms with Crippen LogP contribution in [-0.4, -0.2) is 0 Å². The lowest BCUT2D eigenvalue weighted by Gasteiger charge is -2.05. The van der Waals surface area contributed by atoms with Crippen LogP contribution in [0.3, 0.4) is 0 Å². The summed E-state index contributed by atoms with van der Waals surface area (Å²) in [6.45, 7) is 4.31. The molecule has 29 heavy (non-hydrogen) atoms. The van der Waals surface area contributed by atoms with Crippen molar-refractivity contribution in [3.8, 4) is 11.1 Å². The van der Waals surface area contributed by atoms with Crippen LogP contribution in [0.2, 0.25) is 0 Å². The molecule has 2 nitrogen and oxygen atoms in total. The van der Waals surface area contributed by atoms with Crippen LogP contribution >= 0.6 is 0 Å². The van der Waals surface area contributed by atoms with Crippen molar-refractivity contribution in [2.45, 2.75) is 20.3 Å². The fourth-order valence-electron chi connectivity index (χ4n) is 4.49. The van der Waals surface area contributed by atoms with Crippen molar-refractivity contribution in [3.05, 3.63) is 83.9 Å². The molecule has 0 aliphatic heterocycles. The van der Waals surface area contributed by atoms with Gasteiger partial charge in [-0.15, -0.1) is 0 Å². The fourth-order valence-corrected chi connectivity index (χ4v) is 4.49. The van der Waals surface area contributed by atoms with Gasteiger partial charge in [-0.2, -0.15) is 0 Å². The van der Waals surface area contributed by atoms with E-state index in [1.54, 1.807) is 0 Å². The summed E-state index contributed by atoms with van der Waals surface area (Å²) in [4.78, 5) is 0. The molecule has 0 saturated carbocycles. The first-order valence-electron chi connectivity index (χ1n) is 10.1. The van der Waals surface area contributed by atoms with Gasteiger partial charge in [0.05, 0.1) is 0 Å². The number of hydrogen-bond donors (Lipinski definition) is 0. The lowest BCUT2D eigenvalue weighted by molar-refractivity contribution is 0.663. The van der Waals surface area contributed by atoms with Crippen molar-refractivity contribution in [3.63, 3.8) is 0 Å². The molecule has 0 bridgehead atoms. The van der Waals surface area contributed by atoms with Crippen molar-refractivity contribution in [1.29, 1.82) is 0 Å². The molecule has 0 radical (unpaired) electrons. The second-order valence-electron chi connectivity index (χ2n) is 7.75. The Labute approximate surface area is 168 Å². The van der Waals surface area contributed by atoms with Crippen LogP contribution in [-0.2, 0) is 6.42 Å². The predicted octanol–water partition coefficient (Wildman–Crippen LogP) is 8.02. The average molecular weight is 376 g/mol. The van der Waals surface area contributed by atoms with Crippen molar-refractivity contribution < 1.29 is 8.83 Å². The molecular formula is C27H20O2. The summed E-state index contributed by atoms with van der Waals surface area (Å²) in [5, 5.41) is 4.66. The summed E-state index contributed by atoms with van der Waals surface area (Å²) in [5.74, 6) is 0. The molecule has 0 aliphatic rings.